The first-order chi connectivity index (χ1) is 12.1. The largest absolute Gasteiger partial charge is 0.493 e. The molecule has 1 aromatic heterocycles. The Hall–Kier alpha value is -2.25. The van der Waals surface area contributed by atoms with E-state index in [4.69, 9.17) is 21.1 Å². The van der Waals surface area contributed by atoms with Gasteiger partial charge < -0.3 is 14.8 Å². The van der Waals surface area contributed by atoms with Gasteiger partial charge >= 0.3 is 0 Å². The summed E-state index contributed by atoms with van der Waals surface area (Å²) in [6.07, 6.45) is 2.48. The smallest absolute Gasteiger partial charge is 0.285 e. The van der Waals surface area contributed by atoms with E-state index in [1.54, 1.807) is 14.2 Å². The zero-order valence-electron chi connectivity index (χ0n) is 14.3. The van der Waals surface area contributed by atoms with Crippen LogP contribution in [-0.4, -0.2) is 49.0 Å². The molecule has 25 heavy (non-hydrogen) atoms. The average Bonchev–Trinajstić information content (AvgIpc) is 2.63. The molecule has 8 heteroatoms. The third-order valence-corrected chi connectivity index (χ3v) is 4.71. The lowest BCUT2D eigenvalue weighted by Gasteiger charge is -2.29. The second-order valence-corrected chi connectivity index (χ2v) is 6.23. The summed E-state index contributed by atoms with van der Waals surface area (Å²) in [6, 6.07) is 4.11. The number of ether oxygens (including phenoxy) is 2. The third-order valence-electron chi connectivity index (χ3n) is 4.34. The van der Waals surface area contributed by atoms with Gasteiger partial charge in [-0.1, -0.05) is 11.6 Å². The molecule has 0 spiro atoms. The molecule has 7 nitrogen and oxygen atoms in total. The number of hydrogen-bond donors (Lipinski definition) is 2. The number of nitrogens with one attached hydrogen (secondary N) is 2. The van der Waals surface area contributed by atoms with Crippen molar-refractivity contribution in [3.63, 3.8) is 0 Å². The number of aromatic nitrogens is 2. The Balaban J connectivity index is 1.61. The summed E-state index contributed by atoms with van der Waals surface area (Å²) in [7, 11) is 3.30. The molecule has 3 rings (SSSR count). The molecule has 2 heterocycles. The van der Waals surface area contributed by atoms with Crippen LogP contribution in [-0.2, 0) is 13.0 Å². The van der Waals surface area contributed by atoms with Crippen molar-refractivity contribution >= 4 is 17.3 Å². The molecule has 0 radical (unpaired) electrons. The van der Waals surface area contributed by atoms with Crippen molar-refractivity contribution in [2.24, 2.45) is 0 Å². The summed E-state index contributed by atoms with van der Waals surface area (Å²) < 4.78 is 10.8. The summed E-state index contributed by atoms with van der Waals surface area (Å²) in [5.74, 6) is 1.52. The number of halogens is 1. The highest BCUT2D eigenvalue weighted by Crippen LogP contribution is 2.33. The van der Waals surface area contributed by atoms with Crippen molar-refractivity contribution in [3.8, 4) is 11.5 Å². The van der Waals surface area contributed by atoms with Crippen LogP contribution in [0.2, 0.25) is 5.02 Å². The second-order valence-electron chi connectivity index (χ2n) is 5.86. The number of nitrogens with zero attached hydrogens (tertiary/aromatic N) is 2. The van der Waals surface area contributed by atoms with Crippen LogP contribution in [0.4, 0.5) is 5.69 Å². The van der Waals surface area contributed by atoms with Crippen molar-refractivity contribution in [1.29, 1.82) is 0 Å². The fraction of sp³-hybridized carbons (Fsp3) is 0.412. The zero-order valence-corrected chi connectivity index (χ0v) is 15.0. The fourth-order valence-corrected chi connectivity index (χ4v) is 3.15. The average molecular weight is 365 g/mol. The van der Waals surface area contributed by atoms with E-state index in [-0.39, 0.29) is 10.6 Å². The van der Waals surface area contributed by atoms with Gasteiger partial charge in [-0.2, -0.15) is 5.10 Å². The standard InChI is InChI=1S/C17H21ClN4O3/c1-24-14-7-11-3-5-22(10-12(11)8-15(14)25-2)6-4-19-13-9-20-21-17(23)16(13)18/h7-9H,3-6,10H2,1-2H3,(H2,19,21,23). The van der Waals surface area contributed by atoms with E-state index in [9.17, 15) is 4.79 Å². The minimum atomic E-state index is -0.389. The Labute approximate surface area is 150 Å². The van der Waals surface area contributed by atoms with Crippen molar-refractivity contribution < 1.29 is 9.47 Å². The van der Waals surface area contributed by atoms with E-state index in [0.717, 1.165) is 37.6 Å². The fourth-order valence-electron chi connectivity index (χ4n) is 2.99. The second kappa shape index (κ2) is 7.76. The summed E-state index contributed by atoms with van der Waals surface area (Å²) in [4.78, 5) is 13.8. The monoisotopic (exact) mass is 364 g/mol. The summed E-state index contributed by atoms with van der Waals surface area (Å²) >= 11 is 5.96. The lowest BCUT2D eigenvalue weighted by atomic mass is 9.99. The molecule has 0 saturated carbocycles. The van der Waals surface area contributed by atoms with Crippen LogP contribution in [0.5, 0.6) is 11.5 Å². The van der Waals surface area contributed by atoms with Crippen LogP contribution in [0.15, 0.2) is 23.1 Å². The molecule has 1 aliphatic heterocycles. The van der Waals surface area contributed by atoms with Crippen LogP contribution in [0.3, 0.4) is 0 Å². The first-order valence-corrected chi connectivity index (χ1v) is 8.43. The molecule has 0 saturated heterocycles. The maximum atomic E-state index is 11.4. The molecule has 134 valence electrons. The topological polar surface area (TPSA) is 79.5 Å². The molecule has 2 aromatic rings. The molecule has 0 bridgehead atoms. The van der Waals surface area contributed by atoms with E-state index in [1.165, 1.54) is 17.3 Å². The highest BCUT2D eigenvalue weighted by Gasteiger charge is 2.19. The highest BCUT2D eigenvalue weighted by atomic mass is 35.5. The molecule has 1 aromatic carbocycles. The van der Waals surface area contributed by atoms with Gasteiger partial charge in [-0.15, -0.1) is 0 Å². The first kappa shape index (κ1) is 17.6. The van der Waals surface area contributed by atoms with Crippen LogP contribution >= 0.6 is 11.6 Å². The van der Waals surface area contributed by atoms with Gasteiger partial charge in [-0.3, -0.25) is 9.69 Å². The number of rotatable bonds is 6. The SMILES string of the molecule is COc1cc2c(cc1OC)CN(CCNc1cn[nH]c(=O)c1Cl)CC2. The molecule has 0 amide bonds. The number of hydrogen-bond acceptors (Lipinski definition) is 6. The van der Waals surface area contributed by atoms with Crippen molar-refractivity contribution in [3.05, 3.63) is 44.8 Å². The molecule has 0 atom stereocenters. The number of methoxy groups -OCH3 is 2. The van der Waals surface area contributed by atoms with E-state index in [2.05, 4.69) is 26.5 Å². The number of benzene rings is 1. The quantitative estimate of drug-likeness (QED) is 0.815. The normalized spacial score (nSPS) is 14.0. The number of anilines is 1. The summed E-state index contributed by atoms with van der Waals surface area (Å²) in [6.45, 7) is 3.31. The van der Waals surface area contributed by atoms with Crippen molar-refractivity contribution in [2.45, 2.75) is 13.0 Å². The maximum Gasteiger partial charge on any atom is 0.285 e. The molecule has 0 aliphatic carbocycles. The molecular weight excluding hydrogens is 344 g/mol. The lowest BCUT2D eigenvalue weighted by molar-refractivity contribution is 0.262. The van der Waals surface area contributed by atoms with Gasteiger partial charge in [0.2, 0.25) is 0 Å². The van der Waals surface area contributed by atoms with E-state index >= 15 is 0 Å². The van der Waals surface area contributed by atoms with Crippen LogP contribution < -0.4 is 20.3 Å². The Morgan fingerprint density at radius 3 is 2.72 bits per heavy atom. The molecule has 0 unspecified atom stereocenters. The van der Waals surface area contributed by atoms with Gasteiger partial charge in [-0.05, 0) is 29.7 Å². The van der Waals surface area contributed by atoms with Crippen molar-refractivity contribution in [1.82, 2.24) is 15.1 Å². The molecular formula is C17H21ClN4O3. The first-order valence-electron chi connectivity index (χ1n) is 8.05. The molecule has 2 N–H and O–H groups in total. The number of H-pyrrole nitrogens is 1. The van der Waals surface area contributed by atoms with Gasteiger partial charge in [0.05, 0.1) is 26.1 Å². The van der Waals surface area contributed by atoms with Crippen LogP contribution in [0.25, 0.3) is 0 Å². The number of fused-ring (bicyclic) bond motifs is 1. The van der Waals surface area contributed by atoms with E-state index in [0.29, 0.717) is 12.2 Å². The van der Waals surface area contributed by atoms with Gasteiger partial charge in [0, 0.05) is 26.2 Å². The Kier molecular flexibility index (Phi) is 5.45. The van der Waals surface area contributed by atoms with Gasteiger partial charge in [0.1, 0.15) is 5.02 Å². The minimum Gasteiger partial charge on any atom is -0.493 e. The van der Waals surface area contributed by atoms with Crippen LogP contribution in [0, 0.1) is 0 Å². The zero-order chi connectivity index (χ0) is 17.8. The van der Waals surface area contributed by atoms with Crippen LogP contribution in [0.1, 0.15) is 11.1 Å². The van der Waals surface area contributed by atoms with E-state index < -0.39 is 0 Å². The highest BCUT2D eigenvalue weighted by molar-refractivity contribution is 6.32. The lowest BCUT2D eigenvalue weighted by Crippen LogP contribution is -2.34. The van der Waals surface area contributed by atoms with Crippen molar-refractivity contribution in [2.75, 3.05) is 39.2 Å². The minimum absolute atomic E-state index is 0.135. The third kappa shape index (κ3) is 3.88. The van der Waals surface area contributed by atoms with E-state index in [1.807, 2.05) is 6.07 Å². The predicted molar refractivity (Wildman–Crippen MR) is 96.9 cm³/mol. The summed E-state index contributed by atoms with van der Waals surface area (Å²) in [5.41, 5.74) is 2.71. The number of aromatic amines is 1. The molecule has 0 fully saturated rings. The Morgan fingerprint density at radius 2 is 2.00 bits per heavy atom. The van der Waals surface area contributed by atoms with Gasteiger partial charge in [-0.25, -0.2) is 5.10 Å². The van der Waals surface area contributed by atoms with Gasteiger partial charge in [0.15, 0.2) is 11.5 Å². The summed E-state index contributed by atoms with van der Waals surface area (Å²) in [5, 5.41) is 9.35. The Bertz CT molecular complexity index is 809. The van der Waals surface area contributed by atoms with Gasteiger partial charge in [0.25, 0.3) is 5.56 Å². The Morgan fingerprint density at radius 1 is 1.28 bits per heavy atom. The molecule has 1 aliphatic rings. The maximum absolute atomic E-state index is 11.4. The predicted octanol–water partition coefficient (Wildman–Crippen LogP) is 1.91.